The van der Waals surface area contributed by atoms with Gasteiger partial charge in [0.2, 0.25) is 5.88 Å². The number of aldehydes is 1. The zero-order valence-corrected chi connectivity index (χ0v) is 15.0. The highest BCUT2D eigenvalue weighted by molar-refractivity contribution is 5.79. The predicted molar refractivity (Wildman–Crippen MR) is 97.5 cm³/mol. The van der Waals surface area contributed by atoms with E-state index in [1.807, 2.05) is 13.0 Å². The highest BCUT2D eigenvalue weighted by Crippen LogP contribution is 2.21. The number of ether oxygens (including phenoxy) is 2. The van der Waals surface area contributed by atoms with E-state index in [1.54, 1.807) is 18.2 Å². The van der Waals surface area contributed by atoms with Crippen molar-refractivity contribution in [2.75, 3.05) is 40.5 Å². The molecule has 1 aliphatic rings. The van der Waals surface area contributed by atoms with Crippen molar-refractivity contribution in [3.63, 3.8) is 0 Å². The van der Waals surface area contributed by atoms with Crippen molar-refractivity contribution in [2.45, 2.75) is 6.92 Å². The van der Waals surface area contributed by atoms with E-state index in [2.05, 4.69) is 4.90 Å². The van der Waals surface area contributed by atoms with Gasteiger partial charge in [-0.25, -0.2) is 0 Å². The maximum atomic E-state index is 11.0. The number of nitrogens with zero attached hydrogens (tertiary/aromatic N) is 1. The van der Waals surface area contributed by atoms with Gasteiger partial charge >= 0.3 is 0 Å². The average Bonchev–Trinajstić information content (AvgIpc) is 2.68. The van der Waals surface area contributed by atoms with Gasteiger partial charge in [0.05, 0.1) is 26.0 Å². The van der Waals surface area contributed by atoms with Crippen molar-refractivity contribution in [2.24, 2.45) is 11.5 Å². The number of aliphatic hydroxyl groups is 1. The molecule has 1 aromatic rings. The minimum atomic E-state index is 0.305. The lowest BCUT2D eigenvalue weighted by Gasteiger charge is -2.30. The van der Waals surface area contributed by atoms with Crippen LogP contribution in [0.1, 0.15) is 21.5 Å². The molecule has 1 heterocycles. The Labute approximate surface area is 148 Å². The van der Waals surface area contributed by atoms with Gasteiger partial charge in [-0.1, -0.05) is 12.1 Å². The molecular formula is C18H27N3O4. The Morgan fingerprint density at radius 1 is 1.28 bits per heavy atom. The van der Waals surface area contributed by atoms with Crippen molar-refractivity contribution in [3.05, 3.63) is 52.5 Å². The number of carbonyl (C=O) groups is 1. The molecule has 7 nitrogen and oxygen atoms in total. The number of nitrogens with two attached hydrogens (primary N) is 2. The fraction of sp³-hybridized carbons (Fsp3) is 0.389. The fourth-order valence-electron chi connectivity index (χ4n) is 2.48. The molecule has 7 heteroatoms. The molecular weight excluding hydrogens is 322 g/mol. The molecule has 0 unspecified atom stereocenters. The number of methoxy groups -OCH3 is 1. The zero-order valence-electron chi connectivity index (χ0n) is 15.0. The molecule has 0 aromatic heterocycles. The molecule has 0 aliphatic carbocycles. The molecule has 5 N–H and O–H groups in total. The predicted octanol–water partition coefficient (Wildman–Crippen LogP) is 0.822. The molecule has 1 saturated heterocycles. The first kappa shape index (κ1) is 20.5. The van der Waals surface area contributed by atoms with Gasteiger partial charge in [-0.2, -0.15) is 0 Å². The Hall–Kier alpha value is -2.51. The number of aryl methyl sites for hydroxylation is 1. The summed E-state index contributed by atoms with van der Waals surface area (Å²) < 4.78 is 10.6. The van der Waals surface area contributed by atoms with Crippen molar-refractivity contribution in [1.82, 2.24) is 4.90 Å². The molecule has 0 amide bonds. The third-order valence-corrected chi connectivity index (χ3v) is 3.83. The van der Waals surface area contributed by atoms with Gasteiger partial charge in [0.1, 0.15) is 6.29 Å². The summed E-state index contributed by atoms with van der Waals surface area (Å²) in [6.45, 7) is 4.65. The van der Waals surface area contributed by atoms with Crippen LogP contribution in [0.4, 0.5) is 0 Å². The van der Waals surface area contributed by atoms with E-state index in [0.29, 0.717) is 30.4 Å². The van der Waals surface area contributed by atoms with E-state index < -0.39 is 0 Å². The largest absolute Gasteiger partial charge is 0.481 e. The van der Waals surface area contributed by atoms with Crippen LogP contribution >= 0.6 is 0 Å². The van der Waals surface area contributed by atoms with Gasteiger partial charge in [-0.05, 0) is 24.6 Å². The van der Waals surface area contributed by atoms with Crippen LogP contribution in [0.5, 0.6) is 0 Å². The zero-order chi connectivity index (χ0) is 18.8. The standard InChI is InChI=1S/C17H23N3O3.CH4O/c1-12-3-4-13(11-21)9-14(12)15(18)10-16(17(19)22-2)20-5-7-23-8-6-20;1-2/h3-4,9-11H,5-8,18-19H2,1-2H3;2H,1H3/b15-10-,17-16-;. The number of rotatable bonds is 5. The van der Waals surface area contributed by atoms with E-state index in [1.165, 1.54) is 7.11 Å². The Balaban J connectivity index is 0.00000151. The third-order valence-electron chi connectivity index (χ3n) is 3.83. The molecule has 1 aromatic carbocycles. The summed E-state index contributed by atoms with van der Waals surface area (Å²) >= 11 is 0. The smallest absolute Gasteiger partial charge is 0.208 e. The molecule has 138 valence electrons. The van der Waals surface area contributed by atoms with E-state index >= 15 is 0 Å². The normalized spacial score (nSPS) is 15.7. The first-order chi connectivity index (χ1) is 12.1. The molecule has 0 bridgehead atoms. The minimum Gasteiger partial charge on any atom is -0.481 e. The number of allylic oxidation sites excluding steroid dienone is 1. The average molecular weight is 349 g/mol. The van der Waals surface area contributed by atoms with Gasteiger partial charge in [-0.15, -0.1) is 0 Å². The van der Waals surface area contributed by atoms with E-state index in [9.17, 15) is 4.79 Å². The van der Waals surface area contributed by atoms with Crippen LogP contribution in [-0.4, -0.2) is 56.8 Å². The Kier molecular flexibility index (Phi) is 8.52. The van der Waals surface area contributed by atoms with Gasteiger partial charge in [0.15, 0.2) is 0 Å². The van der Waals surface area contributed by atoms with Gasteiger partial charge < -0.3 is 30.9 Å². The van der Waals surface area contributed by atoms with E-state index in [0.717, 1.165) is 43.3 Å². The molecule has 0 spiro atoms. The maximum absolute atomic E-state index is 11.0. The summed E-state index contributed by atoms with van der Waals surface area (Å²) in [4.78, 5) is 13.1. The van der Waals surface area contributed by atoms with Gasteiger partial charge in [0, 0.05) is 37.0 Å². The van der Waals surface area contributed by atoms with Crippen LogP contribution in [-0.2, 0) is 9.47 Å². The first-order valence-electron chi connectivity index (χ1n) is 7.91. The molecule has 0 saturated carbocycles. The monoisotopic (exact) mass is 349 g/mol. The van der Waals surface area contributed by atoms with Crippen LogP contribution in [0.2, 0.25) is 0 Å². The summed E-state index contributed by atoms with van der Waals surface area (Å²) in [5, 5.41) is 7.00. The Morgan fingerprint density at radius 3 is 2.48 bits per heavy atom. The SMILES string of the molecule is CO.CO/C(N)=C(/C=C(\N)c1cc(C=O)ccc1C)N1CCOCC1. The number of carbonyl (C=O) groups excluding carboxylic acids is 1. The summed E-state index contributed by atoms with van der Waals surface area (Å²) in [7, 11) is 2.53. The van der Waals surface area contributed by atoms with Crippen molar-refractivity contribution in [1.29, 1.82) is 0 Å². The highest BCUT2D eigenvalue weighted by atomic mass is 16.5. The number of benzene rings is 1. The Morgan fingerprint density at radius 2 is 1.92 bits per heavy atom. The summed E-state index contributed by atoms with van der Waals surface area (Å²) in [6.07, 6.45) is 2.60. The quantitative estimate of drug-likeness (QED) is 0.410. The van der Waals surface area contributed by atoms with E-state index in [4.69, 9.17) is 26.0 Å². The first-order valence-corrected chi connectivity index (χ1v) is 7.91. The lowest BCUT2D eigenvalue weighted by molar-refractivity contribution is 0.0526. The summed E-state index contributed by atoms with van der Waals surface area (Å²) in [5.41, 5.74) is 15.9. The van der Waals surface area contributed by atoms with Gasteiger partial charge in [-0.3, -0.25) is 4.79 Å². The number of aliphatic hydroxyl groups excluding tert-OH is 1. The molecule has 25 heavy (non-hydrogen) atoms. The second kappa shape index (κ2) is 10.4. The van der Waals surface area contributed by atoms with Crippen molar-refractivity contribution in [3.8, 4) is 0 Å². The van der Waals surface area contributed by atoms with Crippen LogP contribution in [0.15, 0.2) is 35.9 Å². The topological polar surface area (TPSA) is 111 Å². The molecule has 1 aliphatic heterocycles. The third kappa shape index (κ3) is 5.51. The Bertz CT molecular complexity index is 635. The van der Waals surface area contributed by atoms with Crippen LogP contribution in [0.3, 0.4) is 0 Å². The minimum absolute atomic E-state index is 0.305. The van der Waals surface area contributed by atoms with Gasteiger partial charge in [0.25, 0.3) is 0 Å². The summed E-state index contributed by atoms with van der Waals surface area (Å²) in [5.74, 6) is 0.305. The van der Waals surface area contributed by atoms with Crippen LogP contribution in [0, 0.1) is 6.92 Å². The molecule has 1 fully saturated rings. The van der Waals surface area contributed by atoms with Crippen LogP contribution < -0.4 is 11.5 Å². The number of hydrogen-bond donors (Lipinski definition) is 3. The van der Waals surface area contributed by atoms with E-state index in [-0.39, 0.29) is 0 Å². The lowest BCUT2D eigenvalue weighted by Crippen LogP contribution is -2.36. The second-order valence-corrected chi connectivity index (χ2v) is 5.34. The molecule has 2 rings (SSSR count). The summed E-state index contributed by atoms with van der Waals surface area (Å²) in [6, 6.07) is 5.41. The van der Waals surface area contributed by atoms with Crippen molar-refractivity contribution >= 4 is 12.0 Å². The number of morpholine rings is 1. The number of hydrogen-bond acceptors (Lipinski definition) is 7. The maximum Gasteiger partial charge on any atom is 0.208 e. The highest BCUT2D eigenvalue weighted by Gasteiger charge is 2.17. The van der Waals surface area contributed by atoms with Crippen LogP contribution in [0.25, 0.3) is 5.70 Å². The molecule has 0 atom stereocenters. The molecule has 0 radical (unpaired) electrons. The fourth-order valence-corrected chi connectivity index (χ4v) is 2.48. The lowest BCUT2D eigenvalue weighted by atomic mass is 10.0. The van der Waals surface area contributed by atoms with Crippen molar-refractivity contribution < 1.29 is 19.4 Å². The second-order valence-electron chi connectivity index (χ2n) is 5.34.